The molecule has 0 unspecified atom stereocenters. The summed E-state index contributed by atoms with van der Waals surface area (Å²) < 4.78 is 363. The van der Waals surface area contributed by atoms with Crippen molar-refractivity contribution in [3.8, 4) is 0 Å². The maximum Gasteiger partial charge on any atom is 0.476 e. The molecule has 0 radical (unpaired) electrons. The molecule has 0 aliphatic carbocycles. The van der Waals surface area contributed by atoms with Crippen LogP contribution >= 0.6 is 0 Å². The highest BCUT2D eigenvalue weighted by Gasteiger charge is 2.67. The van der Waals surface area contributed by atoms with Crippen molar-refractivity contribution in [3.05, 3.63) is 26.3 Å². The van der Waals surface area contributed by atoms with Crippen molar-refractivity contribution < 1.29 is 170 Å². The van der Waals surface area contributed by atoms with E-state index < -0.39 is 108 Å². The Morgan fingerprint density at radius 3 is 0.638 bits per heavy atom. The van der Waals surface area contributed by atoms with Crippen LogP contribution in [0.15, 0.2) is 26.3 Å². The van der Waals surface area contributed by atoms with Crippen molar-refractivity contribution in [1.29, 1.82) is 0 Å². The molecule has 42 heteroatoms. The van der Waals surface area contributed by atoms with Crippen molar-refractivity contribution in [3.63, 3.8) is 0 Å². The Bertz CT molecular complexity index is 1170. The zero-order valence-corrected chi connectivity index (χ0v) is 28.6. The van der Waals surface area contributed by atoms with Gasteiger partial charge in [-0.2, -0.15) is 96.1 Å². The van der Waals surface area contributed by atoms with E-state index in [1.165, 1.54) is 0 Å². The lowest BCUT2D eigenvalue weighted by Crippen LogP contribution is -2.52. The van der Waals surface area contributed by atoms with Gasteiger partial charge in [-0.25, -0.2) is 27.0 Å². The van der Waals surface area contributed by atoms with E-state index in [4.69, 9.17) is 25.3 Å². The maximum absolute atomic E-state index is 12.4. The van der Waals surface area contributed by atoms with Crippen LogP contribution in [0.25, 0.3) is 0 Å². The number of hydrogen-bond acceptors (Lipinski definition) is 11. The van der Waals surface area contributed by atoms with Crippen LogP contribution in [0.1, 0.15) is 6.42 Å². The molecule has 58 heavy (non-hydrogen) atoms. The van der Waals surface area contributed by atoms with E-state index in [2.05, 4.69) is 40.7 Å². The van der Waals surface area contributed by atoms with Crippen molar-refractivity contribution in [2.45, 2.75) is 49.2 Å². The average molecular weight is 1010 g/mol. The fourth-order valence-electron chi connectivity index (χ4n) is 0.830. The van der Waals surface area contributed by atoms with Gasteiger partial charge in [0.2, 0.25) is 6.86 Å². The molecule has 11 nitrogen and oxygen atoms in total. The molecule has 0 saturated heterocycles. The Labute approximate surface area is 304 Å². The van der Waals surface area contributed by atoms with Crippen molar-refractivity contribution >= 4 is 31.8 Å². The van der Waals surface area contributed by atoms with Gasteiger partial charge in [-0.05, 0) is 13.6 Å². The summed E-state index contributed by atoms with van der Waals surface area (Å²) in [6, 6.07) is 0. The lowest BCUT2D eigenvalue weighted by molar-refractivity contribution is -0.513. The molecule has 0 atom stereocenters. The summed E-state index contributed by atoms with van der Waals surface area (Å²) in [5.41, 5.74) is 0. The molecule has 0 saturated carbocycles. The molecular weight excluding hydrogens is 996 g/mol. The molecule has 0 aromatic heterocycles. The third-order valence-electron chi connectivity index (χ3n) is 2.03. The first-order valence-corrected chi connectivity index (χ1v) is 14.7. The Balaban J connectivity index is -0.0000000733. The van der Waals surface area contributed by atoms with E-state index in [1.807, 2.05) is 4.94 Å². The van der Waals surface area contributed by atoms with Gasteiger partial charge in [0.1, 0.15) is 6.42 Å². The molecule has 0 N–H and O–H groups in total. The minimum absolute atomic E-state index is 1.35. The SMILES string of the molecule is C=C.C=C.FCC(F)(F)OC(F)(F)C(F)(F)OC(F)(F)CF.FCC(F)(F)OF.FCOF.FOC(F)(F)CC(F)(F)F.O=S(=O)(F)F.O=S(=O)(F)F.O=S(=O)(F)F. The summed E-state index contributed by atoms with van der Waals surface area (Å²) in [4.78, 5) is 6.01. The smallest absolute Gasteiger partial charge is 0.246 e. The van der Waals surface area contributed by atoms with Crippen molar-refractivity contribution in [2.75, 3.05) is 26.9 Å². The van der Waals surface area contributed by atoms with Gasteiger partial charge in [0.15, 0.2) is 20.0 Å². The standard InChI is InChI=1S/C6H4F10O2.C3H2F6O.C2H2F4O.2C2H4.CH2F2O.3F2O2S/c7-1-3(9,10)17-5(13,14)6(15,16)18-4(11,12)2-8;4-2(5,6)1-3(7,8)10-9;3-1-2(4,5)7-6;2*1-2;2-1-4-3;3*1-5(2,3)4/h1-2H2;1H2;1H2;2*1-2H2;1H2;;;. The van der Waals surface area contributed by atoms with Gasteiger partial charge in [-0.15, -0.1) is 36.2 Å². The van der Waals surface area contributed by atoms with Crippen LogP contribution in [-0.2, 0) is 56.1 Å². The molecule has 0 fully saturated rings. The fraction of sp³-hybridized carbons (Fsp3) is 0.750. The third kappa shape index (κ3) is 89.7. The van der Waals surface area contributed by atoms with Gasteiger partial charge in [-0.3, -0.25) is 0 Å². The first-order chi connectivity index (χ1) is 25.1. The van der Waals surface area contributed by atoms with Crippen LogP contribution < -0.4 is 0 Å². The lowest BCUT2D eigenvalue weighted by Gasteiger charge is -2.29. The van der Waals surface area contributed by atoms with Crippen LogP contribution in [0.2, 0.25) is 0 Å². The molecule has 0 heterocycles. The van der Waals surface area contributed by atoms with Gasteiger partial charge in [-0.1, -0.05) is 23.3 Å². The summed E-state index contributed by atoms with van der Waals surface area (Å²) in [6.45, 7) is 2.68. The maximum atomic E-state index is 12.4. The van der Waals surface area contributed by atoms with Crippen molar-refractivity contribution in [2.24, 2.45) is 0 Å². The number of rotatable bonds is 12. The quantitative estimate of drug-likeness (QED) is 0.104. The van der Waals surface area contributed by atoms with Crippen LogP contribution in [-0.4, -0.2) is 95.0 Å². The normalized spacial score (nSPS) is 12.1. The summed E-state index contributed by atoms with van der Waals surface area (Å²) in [7, 11) is -17.0. The zero-order chi connectivity index (χ0) is 50.1. The predicted octanol–water partition coefficient (Wildman–Crippen LogP) is 10.1. The molecule has 0 rings (SSSR count). The molecule has 0 amide bonds. The van der Waals surface area contributed by atoms with E-state index in [-0.39, 0.29) is 0 Å². The molecule has 0 spiro atoms. The topological polar surface area (TPSA) is 149 Å². The highest BCUT2D eigenvalue weighted by atomic mass is 32.3. The lowest BCUT2D eigenvalue weighted by atomic mass is 10.4. The highest BCUT2D eigenvalue weighted by Crippen LogP contribution is 2.43. The largest absolute Gasteiger partial charge is 0.476 e. The van der Waals surface area contributed by atoms with E-state index in [9.17, 15) is 120 Å². The second kappa shape index (κ2) is 33.9. The number of halogens is 28. The first-order valence-electron chi connectivity index (χ1n) is 10.8. The molecule has 362 valence electrons. The molecule has 0 aliphatic heterocycles. The van der Waals surface area contributed by atoms with Crippen LogP contribution in [0, 0.1) is 0 Å². The van der Waals surface area contributed by atoms with Gasteiger partial charge in [0.05, 0.1) is 0 Å². The first kappa shape index (κ1) is 75.9. The molecule has 0 aromatic rings. The summed E-state index contributed by atoms with van der Waals surface area (Å²) in [5.74, 6) is 0. The summed E-state index contributed by atoms with van der Waals surface area (Å²) >= 11 is 0. The van der Waals surface area contributed by atoms with Crippen LogP contribution in [0.3, 0.4) is 0 Å². The van der Waals surface area contributed by atoms with Gasteiger partial charge in [0, 0.05) is 0 Å². The average Bonchev–Trinajstić information content (AvgIpc) is 2.99. The van der Waals surface area contributed by atoms with Crippen LogP contribution in [0.4, 0.5) is 120 Å². The number of hydrogen-bond donors (Lipinski definition) is 0. The number of ether oxygens (including phenoxy) is 2. The fourth-order valence-corrected chi connectivity index (χ4v) is 0.830. The van der Waals surface area contributed by atoms with E-state index >= 15 is 0 Å². The van der Waals surface area contributed by atoms with Crippen molar-refractivity contribution in [1.82, 2.24) is 0 Å². The van der Waals surface area contributed by atoms with E-state index in [0.717, 1.165) is 0 Å². The molecule has 0 aromatic carbocycles. The minimum atomic E-state index is -6.30. The predicted molar refractivity (Wildman–Crippen MR) is 129 cm³/mol. The Hall–Kier alpha value is -2.83. The van der Waals surface area contributed by atoms with E-state index in [1.54, 1.807) is 4.94 Å². The highest BCUT2D eigenvalue weighted by molar-refractivity contribution is 7.81. The monoisotopic (exact) mass is 1010 g/mol. The Morgan fingerprint density at radius 1 is 0.397 bits per heavy atom. The molecular formula is C16H18F28O11S3. The number of alkyl halides is 19. The minimum Gasteiger partial charge on any atom is -0.246 e. The van der Waals surface area contributed by atoms with Gasteiger partial charge in [0.25, 0.3) is 0 Å². The Kier molecular flexibility index (Phi) is 44.4. The van der Waals surface area contributed by atoms with Gasteiger partial charge < -0.3 is 0 Å². The third-order valence-corrected chi connectivity index (χ3v) is 2.03. The van der Waals surface area contributed by atoms with E-state index in [0.29, 0.717) is 0 Å². The molecule has 0 aliphatic rings. The Morgan fingerprint density at radius 2 is 0.569 bits per heavy atom. The summed E-state index contributed by atoms with van der Waals surface area (Å²) in [5, 5.41) is 0. The zero-order valence-electron chi connectivity index (χ0n) is 26.2. The van der Waals surface area contributed by atoms with Crippen LogP contribution in [0.5, 0.6) is 0 Å². The second-order valence-corrected chi connectivity index (χ2v) is 8.76. The second-order valence-electron chi connectivity index (χ2n) is 6.49. The molecule has 0 bridgehead atoms. The van der Waals surface area contributed by atoms with Gasteiger partial charge >= 0.3 is 74.7 Å². The summed E-state index contributed by atoms with van der Waals surface area (Å²) in [6.07, 6.45) is -40.1.